The number of fused-ring (bicyclic) bond motifs is 1. The van der Waals surface area contributed by atoms with E-state index in [1.54, 1.807) is 0 Å². The van der Waals surface area contributed by atoms with E-state index in [2.05, 4.69) is 24.0 Å². The van der Waals surface area contributed by atoms with Gasteiger partial charge < -0.3 is 15.4 Å². The van der Waals surface area contributed by atoms with Crippen molar-refractivity contribution in [2.75, 3.05) is 36.9 Å². The van der Waals surface area contributed by atoms with Crippen LogP contribution in [0.5, 0.6) is 0 Å². The third-order valence-electron chi connectivity index (χ3n) is 3.79. The number of benzene rings is 1. The smallest absolute Gasteiger partial charge is 0.0559 e. The zero-order chi connectivity index (χ0) is 11.9. The summed E-state index contributed by atoms with van der Waals surface area (Å²) in [5.74, 6) is 0. The van der Waals surface area contributed by atoms with Crippen LogP contribution in [0.3, 0.4) is 0 Å². The van der Waals surface area contributed by atoms with E-state index in [0.717, 1.165) is 38.4 Å². The van der Waals surface area contributed by atoms with Crippen LogP contribution in [0.25, 0.3) is 0 Å². The van der Waals surface area contributed by atoms with Crippen molar-refractivity contribution >= 4 is 11.4 Å². The number of nitrogen functional groups attached to an aromatic ring is 1. The Kier molecular flexibility index (Phi) is 2.51. The Morgan fingerprint density at radius 3 is 2.94 bits per heavy atom. The second-order valence-corrected chi connectivity index (χ2v) is 5.72. The molecule has 2 heterocycles. The largest absolute Gasteiger partial charge is 0.399 e. The summed E-state index contributed by atoms with van der Waals surface area (Å²) < 4.78 is 5.34. The molecule has 3 nitrogen and oxygen atoms in total. The van der Waals surface area contributed by atoms with E-state index in [-0.39, 0.29) is 0 Å². The van der Waals surface area contributed by atoms with Crippen molar-refractivity contribution in [1.29, 1.82) is 0 Å². The van der Waals surface area contributed by atoms with Crippen LogP contribution < -0.4 is 10.6 Å². The lowest BCUT2D eigenvalue weighted by atomic mass is 9.87. The second kappa shape index (κ2) is 3.91. The fourth-order valence-electron chi connectivity index (χ4n) is 2.86. The van der Waals surface area contributed by atoms with Crippen LogP contribution in [0.1, 0.15) is 18.9 Å². The molecule has 1 fully saturated rings. The average molecular weight is 232 g/mol. The molecule has 3 heteroatoms. The molecule has 0 bridgehead atoms. The number of ether oxygens (including phenoxy) is 1. The Morgan fingerprint density at radius 1 is 1.41 bits per heavy atom. The Labute approximate surface area is 103 Å². The van der Waals surface area contributed by atoms with Gasteiger partial charge in [-0.25, -0.2) is 0 Å². The van der Waals surface area contributed by atoms with E-state index < -0.39 is 0 Å². The number of anilines is 2. The molecule has 0 spiro atoms. The summed E-state index contributed by atoms with van der Waals surface area (Å²) in [7, 11) is 0. The maximum absolute atomic E-state index is 5.85. The summed E-state index contributed by atoms with van der Waals surface area (Å²) in [4.78, 5) is 2.50. The molecule has 0 amide bonds. The summed E-state index contributed by atoms with van der Waals surface area (Å²) >= 11 is 0. The molecule has 2 aliphatic rings. The number of aryl methyl sites for hydroxylation is 1. The van der Waals surface area contributed by atoms with Gasteiger partial charge in [-0.15, -0.1) is 0 Å². The van der Waals surface area contributed by atoms with Crippen molar-refractivity contribution in [2.24, 2.45) is 5.41 Å². The molecule has 17 heavy (non-hydrogen) atoms. The van der Waals surface area contributed by atoms with Gasteiger partial charge in [0.05, 0.1) is 13.2 Å². The molecular weight excluding hydrogens is 212 g/mol. The lowest BCUT2D eigenvalue weighted by Crippen LogP contribution is -2.49. The van der Waals surface area contributed by atoms with E-state index in [4.69, 9.17) is 10.5 Å². The number of hydrogen-bond acceptors (Lipinski definition) is 3. The molecule has 0 unspecified atom stereocenters. The first-order valence-corrected chi connectivity index (χ1v) is 6.37. The molecule has 0 radical (unpaired) electrons. The molecule has 0 atom stereocenters. The van der Waals surface area contributed by atoms with Crippen molar-refractivity contribution < 1.29 is 4.74 Å². The normalized spacial score (nSPS) is 21.8. The fraction of sp³-hybridized carbons (Fsp3) is 0.571. The van der Waals surface area contributed by atoms with Gasteiger partial charge in [0.1, 0.15) is 0 Å². The third kappa shape index (κ3) is 2.00. The minimum atomic E-state index is 0.343. The van der Waals surface area contributed by atoms with Crippen molar-refractivity contribution in [3.8, 4) is 0 Å². The number of hydrogen-bond donors (Lipinski definition) is 1. The van der Waals surface area contributed by atoms with Crippen LogP contribution in [0.2, 0.25) is 0 Å². The lowest BCUT2D eigenvalue weighted by molar-refractivity contribution is -0.0957. The highest BCUT2D eigenvalue weighted by atomic mass is 16.5. The van der Waals surface area contributed by atoms with Gasteiger partial charge >= 0.3 is 0 Å². The molecule has 0 aliphatic carbocycles. The summed E-state index contributed by atoms with van der Waals surface area (Å²) in [5.41, 5.74) is 9.85. The molecule has 1 saturated heterocycles. The van der Waals surface area contributed by atoms with E-state index in [9.17, 15) is 0 Å². The summed E-state index contributed by atoms with van der Waals surface area (Å²) in [6.45, 7) is 6.36. The number of nitrogens with two attached hydrogens (primary N) is 1. The monoisotopic (exact) mass is 232 g/mol. The van der Waals surface area contributed by atoms with Crippen LogP contribution in [-0.4, -0.2) is 26.3 Å². The maximum atomic E-state index is 5.85. The van der Waals surface area contributed by atoms with Crippen LogP contribution in [0.4, 0.5) is 11.4 Å². The van der Waals surface area contributed by atoms with Crippen LogP contribution in [0, 0.1) is 5.41 Å². The van der Waals surface area contributed by atoms with Crippen molar-refractivity contribution in [3.05, 3.63) is 23.8 Å². The SMILES string of the molecule is CC1(CN2CCCc3cc(N)ccc32)COC1. The Bertz CT molecular complexity index is 426. The summed E-state index contributed by atoms with van der Waals surface area (Å²) in [6.07, 6.45) is 2.39. The van der Waals surface area contributed by atoms with Gasteiger partial charge in [-0.2, -0.15) is 0 Å². The van der Waals surface area contributed by atoms with E-state index in [0.29, 0.717) is 5.41 Å². The summed E-state index contributed by atoms with van der Waals surface area (Å²) in [6, 6.07) is 6.31. The second-order valence-electron chi connectivity index (χ2n) is 5.72. The van der Waals surface area contributed by atoms with E-state index in [1.807, 2.05) is 6.07 Å². The molecule has 2 N–H and O–H groups in total. The minimum absolute atomic E-state index is 0.343. The molecule has 0 saturated carbocycles. The molecule has 0 aromatic heterocycles. The van der Waals surface area contributed by atoms with Crippen molar-refractivity contribution in [3.63, 3.8) is 0 Å². The standard InChI is InChI=1S/C14H20N2O/c1-14(9-17-10-14)8-16-6-2-3-11-7-12(15)4-5-13(11)16/h4-5,7H,2-3,6,8-10,15H2,1H3. The Balaban J connectivity index is 1.84. The topological polar surface area (TPSA) is 38.5 Å². The molecule has 92 valence electrons. The fourth-order valence-corrected chi connectivity index (χ4v) is 2.86. The van der Waals surface area contributed by atoms with Crippen molar-refractivity contribution in [2.45, 2.75) is 19.8 Å². The molecular formula is C14H20N2O. The molecule has 2 aliphatic heterocycles. The zero-order valence-electron chi connectivity index (χ0n) is 10.4. The van der Waals surface area contributed by atoms with Crippen molar-refractivity contribution in [1.82, 2.24) is 0 Å². The van der Waals surface area contributed by atoms with Gasteiger partial charge in [-0.1, -0.05) is 6.92 Å². The minimum Gasteiger partial charge on any atom is -0.399 e. The third-order valence-corrected chi connectivity index (χ3v) is 3.79. The molecule has 3 rings (SSSR count). The average Bonchev–Trinajstić information content (AvgIpc) is 2.27. The molecule has 1 aromatic rings. The highest BCUT2D eigenvalue weighted by Crippen LogP contribution is 2.34. The van der Waals surface area contributed by atoms with Crippen LogP contribution in [-0.2, 0) is 11.2 Å². The molecule has 1 aromatic carbocycles. The van der Waals surface area contributed by atoms with Crippen LogP contribution >= 0.6 is 0 Å². The van der Waals surface area contributed by atoms with Gasteiger partial charge in [0.25, 0.3) is 0 Å². The van der Waals surface area contributed by atoms with Gasteiger partial charge in [-0.3, -0.25) is 0 Å². The highest BCUT2D eigenvalue weighted by Gasteiger charge is 2.36. The number of nitrogens with zero attached hydrogens (tertiary/aromatic N) is 1. The number of rotatable bonds is 2. The van der Waals surface area contributed by atoms with E-state index >= 15 is 0 Å². The zero-order valence-corrected chi connectivity index (χ0v) is 10.4. The first-order valence-electron chi connectivity index (χ1n) is 6.37. The Morgan fingerprint density at radius 2 is 2.24 bits per heavy atom. The van der Waals surface area contributed by atoms with Crippen LogP contribution in [0.15, 0.2) is 18.2 Å². The first kappa shape index (κ1) is 10.9. The first-order chi connectivity index (χ1) is 8.16. The van der Waals surface area contributed by atoms with Gasteiger partial charge in [0.2, 0.25) is 0 Å². The highest BCUT2D eigenvalue weighted by molar-refractivity contribution is 5.61. The lowest BCUT2D eigenvalue weighted by Gasteiger charge is -2.44. The maximum Gasteiger partial charge on any atom is 0.0559 e. The Hall–Kier alpha value is -1.22. The van der Waals surface area contributed by atoms with Gasteiger partial charge in [0, 0.05) is 29.9 Å². The quantitative estimate of drug-likeness (QED) is 0.793. The predicted molar refractivity (Wildman–Crippen MR) is 70.3 cm³/mol. The van der Waals surface area contributed by atoms with E-state index in [1.165, 1.54) is 17.7 Å². The van der Waals surface area contributed by atoms with Gasteiger partial charge in [-0.05, 0) is 36.6 Å². The van der Waals surface area contributed by atoms with Gasteiger partial charge in [0.15, 0.2) is 0 Å². The summed E-state index contributed by atoms with van der Waals surface area (Å²) in [5, 5.41) is 0. The predicted octanol–water partition coefficient (Wildman–Crippen LogP) is 2.06.